The minimum absolute atomic E-state index is 0.291. The second-order valence-corrected chi connectivity index (χ2v) is 3.72. The van der Waals surface area contributed by atoms with Gasteiger partial charge in [0.2, 0.25) is 0 Å². The van der Waals surface area contributed by atoms with Crippen LogP contribution in [0.1, 0.15) is 13.3 Å². The molecule has 2 atom stereocenters. The van der Waals surface area contributed by atoms with Crippen molar-refractivity contribution < 1.29 is 10.2 Å². The zero-order valence-corrected chi connectivity index (χ0v) is 9.00. The number of nitrogens with one attached hydrogen (secondary N) is 1. The van der Waals surface area contributed by atoms with Gasteiger partial charge in [-0.2, -0.15) is 5.10 Å². The summed E-state index contributed by atoms with van der Waals surface area (Å²) >= 11 is 0. The molecular formula is C10H19N3O2. The third-order valence-corrected chi connectivity index (χ3v) is 2.08. The van der Waals surface area contributed by atoms with Gasteiger partial charge in [0.1, 0.15) is 0 Å². The molecule has 1 aromatic rings. The molecule has 86 valence electrons. The van der Waals surface area contributed by atoms with Gasteiger partial charge in [0, 0.05) is 18.9 Å². The van der Waals surface area contributed by atoms with Gasteiger partial charge in [0.15, 0.2) is 0 Å². The lowest BCUT2D eigenvalue weighted by molar-refractivity contribution is 0.142. The summed E-state index contributed by atoms with van der Waals surface area (Å²) in [6.07, 6.45) is 3.47. The molecule has 0 spiro atoms. The SMILES string of the molecule is CC(O)CCNCC(O)Cn1cccn1. The first-order chi connectivity index (χ1) is 7.18. The molecular weight excluding hydrogens is 194 g/mol. The van der Waals surface area contributed by atoms with Crippen LogP contribution in [-0.4, -0.2) is 45.3 Å². The Kier molecular flexibility index (Phi) is 5.31. The first kappa shape index (κ1) is 12.2. The predicted octanol–water partition coefficient (Wildman–Crippen LogP) is -0.396. The molecule has 0 radical (unpaired) electrons. The smallest absolute Gasteiger partial charge is 0.0860 e. The summed E-state index contributed by atoms with van der Waals surface area (Å²) in [5.41, 5.74) is 0. The normalized spacial score (nSPS) is 15.1. The fourth-order valence-electron chi connectivity index (χ4n) is 1.27. The Morgan fingerprint density at radius 1 is 1.47 bits per heavy atom. The topological polar surface area (TPSA) is 70.3 Å². The molecule has 1 rings (SSSR count). The number of rotatable bonds is 7. The Bertz CT molecular complexity index is 249. The van der Waals surface area contributed by atoms with E-state index in [-0.39, 0.29) is 6.10 Å². The number of aliphatic hydroxyl groups is 2. The molecule has 0 fully saturated rings. The average Bonchev–Trinajstić information content (AvgIpc) is 2.64. The summed E-state index contributed by atoms with van der Waals surface area (Å²) in [5, 5.41) is 25.7. The maximum absolute atomic E-state index is 9.60. The van der Waals surface area contributed by atoms with Crippen molar-refractivity contribution >= 4 is 0 Å². The number of hydrogen-bond donors (Lipinski definition) is 3. The first-order valence-corrected chi connectivity index (χ1v) is 5.22. The molecule has 0 aliphatic carbocycles. The molecule has 0 aliphatic rings. The predicted molar refractivity (Wildman–Crippen MR) is 57.4 cm³/mol. The zero-order chi connectivity index (χ0) is 11.1. The van der Waals surface area contributed by atoms with Crippen molar-refractivity contribution in [2.45, 2.75) is 32.1 Å². The monoisotopic (exact) mass is 213 g/mol. The molecule has 5 heteroatoms. The molecule has 0 aromatic carbocycles. The van der Waals surface area contributed by atoms with E-state index in [2.05, 4.69) is 10.4 Å². The van der Waals surface area contributed by atoms with Gasteiger partial charge in [0.25, 0.3) is 0 Å². The van der Waals surface area contributed by atoms with E-state index in [9.17, 15) is 5.11 Å². The third-order valence-electron chi connectivity index (χ3n) is 2.08. The van der Waals surface area contributed by atoms with Gasteiger partial charge in [0.05, 0.1) is 18.8 Å². The average molecular weight is 213 g/mol. The summed E-state index contributed by atoms with van der Waals surface area (Å²) in [5.74, 6) is 0. The first-order valence-electron chi connectivity index (χ1n) is 5.22. The minimum Gasteiger partial charge on any atom is -0.393 e. The molecule has 1 heterocycles. The van der Waals surface area contributed by atoms with Crippen LogP contribution in [0.2, 0.25) is 0 Å². The third kappa shape index (κ3) is 5.51. The summed E-state index contributed by atoms with van der Waals surface area (Å²) < 4.78 is 1.70. The van der Waals surface area contributed by atoms with Crippen LogP contribution >= 0.6 is 0 Å². The van der Waals surface area contributed by atoms with Crippen LogP contribution in [0, 0.1) is 0 Å². The molecule has 15 heavy (non-hydrogen) atoms. The van der Waals surface area contributed by atoms with Crippen molar-refractivity contribution in [1.29, 1.82) is 0 Å². The highest BCUT2D eigenvalue weighted by Gasteiger charge is 2.04. The molecule has 0 saturated heterocycles. The Hall–Kier alpha value is -0.910. The van der Waals surface area contributed by atoms with Gasteiger partial charge in [-0.05, 0) is 26.0 Å². The van der Waals surface area contributed by atoms with E-state index in [0.29, 0.717) is 26.1 Å². The number of hydrogen-bond acceptors (Lipinski definition) is 4. The molecule has 3 N–H and O–H groups in total. The van der Waals surface area contributed by atoms with Crippen LogP contribution in [-0.2, 0) is 6.54 Å². The zero-order valence-electron chi connectivity index (χ0n) is 9.00. The van der Waals surface area contributed by atoms with Crippen LogP contribution in [0.25, 0.3) is 0 Å². The molecule has 0 amide bonds. The Morgan fingerprint density at radius 2 is 2.27 bits per heavy atom. The van der Waals surface area contributed by atoms with Crippen molar-refractivity contribution in [3.8, 4) is 0 Å². The van der Waals surface area contributed by atoms with Crippen molar-refractivity contribution in [1.82, 2.24) is 15.1 Å². The molecule has 0 bridgehead atoms. The van der Waals surface area contributed by atoms with E-state index in [1.807, 2.05) is 12.3 Å². The van der Waals surface area contributed by atoms with E-state index in [1.165, 1.54) is 0 Å². The Morgan fingerprint density at radius 3 is 2.87 bits per heavy atom. The fourth-order valence-corrected chi connectivity index (χ4v) is 1.27. The van der Waals surface area contributed by atoms with Gasteiger partial charge >= 0.3 is 0 Å². The van der Waals surface area contributed by atoms with Crippen LogP contribution in [0.3, 0.4) is 0 Å². The summed E-state index contributed by atoms with van der Waals surface area (Å²) in [6, 6.07) is 1.83. The lowest BCUT2D eigenvalue weighted by atomic mass is 10.3. The summed E-state index contributed by atoms with van der Waals surface area (Å²) in [7, 11) is 0. The Balaban J connectivity index is 2.06. The van der Waals surface area contributed by atoms with Crippen molar-refractivity contribution in [2.75, 3.05) is 13.1 Å². The standard InChI is InChI=1S/C10H19N3O2/c1-9(14)3-5-11-7-10(15)8-13-6-2-4-12-13/h2,4,6,9-11,14-15H,3,5,7-8H2,1H3. The van der Waals surface area contributed by atoms with Crippen LogP contribution < -0.4 is 5.32 Å². The molecule has 0 saturated carbocycles. The van der Waals surface area contributed by atoms with Gasteiger partial charge < -0.3 is 15.5 Å². The maximum atomic E-state index is 9.60. The van der Waals surface area contributed by atoms with Gasteiger partial charge in [-0.3, -0.25) is 4.68 Å². The maximum Gasteiger partial charge on any atom is 0.0860 e. The minimum atomic E-state index is -0.445. The van der Waals surface area contributed by atoms with Gasteiger partial charge in [-0.25, -0.2) is 0 Å². The summed E-state index contributed by atoms with van der Waals surface area (Å²) in [4.78, 5) is 0. The van der Waals surface area contributed by atoms with E-state index in [4.69, 9.17) is 5.11 Å². The van der Waals surface area contributed by atoms with Crippen LogP contribution in [0.15, 0.2) is 18.5 Å². The lowest BCUT2D eigenvalue weighted by Crippen LogP contribution is -2.31. The van der Waals surface area contributed by atoms with Crippen molar-refractivity contribution in [3.05, 3.63) is 18.5 Å². The Labute approximate surface area is 89.7 Å². The van der Waals surface area contributed by atoms with E-state index < -0.39 is 6.10 Å². The van der Waals surface area contributed by atoms with E-state index >= 15 is 0 Å². The fraction of sp³-hybridized carbons (Fsp3) is 0.700. The highest BCUT2D eigenvalue weighted by molar-refractivity contribution is 4.78. The molecule has 2 unspecified atom stereocenters. The van der Waals surface area contributed by atoms with Gasteiger partial charge in [-0.1, -0.05) is 0 Å². The molecule has 1 aromatic heterocycles. The number of nitrogens with zero attached hydrogens (tertiary/aromatic N) is 2. The number of aromatic nitrogens is 2. The second-order valence-electron chi connectivity index (χ2n) is 3.72. The van der Waals surface area contributed by atoms with Crippen LogP contribution in [0.5, 0.6) is 0 Å². The molecule has 5 nitrogen and oxygen atoms in total. The van der Waals surface area contributed by atoms with E-state index in [0.717, 1.165) is 0 Å². The quantitative estimate of drug-likeness (QED) is 0.539. The van der Waals surface area contributed by atoms with E-state index in [1.54, 1.807) is 17.8 Å². The molecule has 0 aliphatic heterocycles. The lowest BCUT2D eigenvalue weighted by Gasteiger charge is -2.12. The largest absolute Gasteiger partial charge is 0.393 e. The van der Waals surface area contributed by atoms with Crippen molar-refractivity contribution in [3.63, 3.8) is 0 Å². The number of aliphatic hydroxyl groups excluding tert-OH is 2. The van der Waals surface area contributed by atoms with Crippen molar-refractivity contribution in [2.24, 2.45) is 0 Å². The highest BCUT2D eigenvalue weighted by Crippen LogP contribution is 1.91. The summed E-state index contributed by atoms with van der Waals surface area (Å²) in [6.45, 7) is 3.48. The second kappa shape index (κ2) is 6.55. The van der Waals surface area contributed by atoms with Crippen LogP contribution in [0.4, 0.5) is 0 Å². The van der Waals surface area contributed by atoms with Gasteiger partial charge in [-0.15, -0.1) is 0 Å². The highest BCUT2D eigenvalue weighted by atomic mass is 16.3.